The van der Waals surface area contributed by atoms with Gasteiger partial charge in [-0.15, -0.1) is 11.8 Å². The highest BCUT2D eigenvalue weighted by molar-refractivity contribution is 7.99. The maximum Gasteiger partial charge on any atom is 0.307 e. The van der Waals surface area contributed by atoms with E-state index in [0.29, 0.717) is 5.75 Å². The van der Waals surface area contributed by atoms with Crippen LogP contribution < -0.4 is 5.32 Å². The number of rotatable bonds is 8. The first-order valence-corrected chi connectivity index (χ1v) is 7.78. The van der Waals surface area contributed by atoms with Crippen molar-refractivity contribution in [2.45, 2.75) is 11.3 Å². The fraction of sp³-hybridized carbons (Fsp3) is 0.400. The maximum atomic E-state index is 11.5. The van der Waals surface area contributed by atoms with Gasteiger partial charge in [0, 0.05) is 24.7 Å². The van der Waals surface area contributed by atoms with E-state index in [-0.39, 0.29) is 25.5 Å². The molecule has 2 amide bonds. The molecule has 22 heavy (non-hydrogen) atoms. The summed E-state index contributed by atoms with van der Waals surface area (Å²) in [6.45, 7) is -0.469. The van der Waals surface area contributed by atoms with Crippen molar-refractivity contribution in [2.24, 2.45) is 0 Å². The fourth-order valence-corrected chi connectivity index (χ4v) is 2.22. The zero-order chi connectivity index (χ0) is 16.4. The number of hydrogen-bond acceptors (Lipinski definition) is 5. The minimum absolute atomic E-state index is 0.104. The van der Waals surface area contributed by atoms with Crippen LogP contribution in [0.3, 0.4) is 0 Å². The third-order valence-corrected chi connectivity index (χ3v) is 3.63. The quantitative estimate of drug-likeness (QED) is 0.568. The average Bonchev–Trinajstić information content (AvgIpc) is 2.51. The first-order valence-electron chi connectivity index (χ1n) is 6.79. The predicted octanol–water partition coefficient (Wildman–Crippen LogP) is 0.916. The summed E-state index contributed by atoms with van der Waals surface area (Å²) in [5, 5.41) is 2.39. The number of thioether (sulfide) groups is 1. The summed E-state index contributed by atoms with van der Waals surface area (Å²) in [4.78, 5) is 36.6. The Morgan fingerprint density at radius 2 is 1.86 bits per heavy atom. The van der Waals surface area contributed by atoms with Crippen molar-refractivity contribution in [1.29, 1.82) is 0 Å². The van der Waals surface area contributed by atoms with E-state index in [4.69, 9.17) is 4.74 Å². The highest BCUT2D eigenvalue weighted by Crippen LogP contribution is 2.17. The molecule has 0 aliphatic carbocycles. The molecular weight excluding hydrogens is 304 g/mol. The Labute approximate surface area is 134 Å². The lowest BCUT2D eigenvalue weighted by Crippen LogP contribution is -2.38. The molecule has 0 aliphatic rings. The van der Waals surface area contributed by atoms with Gasteiger partial charge in [-0.2, -0.15) is 0 Å². The summed E-state index contributed by atoms with van der Waals surface area (Å²) in [5.74, 6) is -0.556. The second-order valence-electron chi connectivity index (χ2n) is 4.64. The molecular formula is C15H20N2O4S. The molecule has 6 nitrogen and oxygen atoms in total. The van der Waals surface area contributed by atoms with E-state index >= 15 is 0 Å². The number of benzene rings is 1. The number of carbonyl (C=O) groups excluding carboxylic acids is 3. The lowest BCUT2D eigenvalue weighted by Gasteiger charge is -2.11. The summed E-state index contributed by atoms with van der Waals surface area (Å²) in [5.41, 5.74) is 0. The Kier molecular flexibility index (Phi) is 8.06. The lowest BCUT2D eigenvalue weighted by atomic mass is 10.4. The van der Waals surface area contributed by atoms with Crippen molar-refractivity contribution in [2.75, 3.05) is 33.0 Å². The molecule has 0 spiro atoms. The Balaban J connectivity index is 2.12. The van der Waals surface area contributed by atoms with E-state index in [0.717, 1.165) is 4.90 Å². The van der Waals surface area contributed by atoms with Crippen LogP contribution in [0.5, 0.6) is 0 Å². The summed E-state index contributed by atoms with van der Waals surface area (Å²) >= 11 is 1.55. The van der Waals surface area contributed by atoms with Crippen LogP contribution in [0, 0.1) is 0 Å². The molecule has 120 valence electrons. The topological polar surface area (TPSA) is 75.7 Å². The molecule has 0 aromatic heterocycles. The molecule has 0 fully saturated rings. The lowest BCUT2D eigenvalue weighted by molar-refractivity contribution is -0.148. The van der Waals surface area contributed by atoms with Gasteiger partial charge in [-0.1, -0.05) is 18.2 Å². The number of ether oxygens (including phenoxy) is 1. The molecule has 0 unspecified atom stereocenters. The van der Waals surface area contributed by atoms with Crippen LogP contribution in [-0.4, -0.2) is 55.7 Å². The fourth-order valence-electron chi connectivity index (χ4n) is 1.37. The van der Waals surface area contributed by atoms with Gasteiger partial charge in [0.15, 0.2) is 6.61 Å². The van der Waals surface area contributed by atoms with Gasteiger partial charge in [-0.05, 0) is 12.1 Å². The normalized spacial score (nSPS) is 9.91. The third-order valence-electron chi connectivity index (χ3n) is 2.62. The zero-order valence-electron chi connectivity index (χ0n) is 12.7. The number of amides is 2. The van der Waals surface area contributed by atoms with Crippen molar-refractivity contribution in [1.82, 2.24) is 10.2 Å². The molecule has 0 saturated heterocycles. The predicted molar refractivity (Wildman–Crippen MR) is 84.4 cm³/mol. The second-order valence-corrected chi connectivity index (χ2v) is 5.81. The first-order chi connectivity index (χ1) is 10.5. The minimum atomic E-state index is -0.487. The summed E-state index contributed by atoms with van der Waals surface area (Å²) in [6, 6.07) is 9.72. The molecule has 1 rings (SSSR count). The van der Waals surface area contributed by atoms with Gasteiger partial charge >= 0.3 is 5.97 Å². The Morgan fingerprint density at radius 1 is 1.18 bits per heavy atom. The number of carbonyl (C=O) groups is 3. The van der Waals surface area contributed by atoms with Crippen LogP contribution in [0.4, 0.5) is 0 Å². The molecule has 0 bridgehead atoms. The average molecular weight is 324 g/mol. The summed E-state index contributed by atoms with van der Waals surface area (Å²) in [6.07, 6.45) is 0.226. The SMILES string of the molecule is CN(C)C(=O)CNC(=O)COC(=O)CCSc1ccccc1. The van der Waals surface area contributed by atoms with Gasteiger partial charge in [0.05, 0.1) is 13.0 Å². The molecule has 0 heterocycles. The van der Waals surface area contributed by atoms with E-state index in [9.17, 15) is 14.4 Å². The van der Waals surface area contributed by atoms with Gasteiger partial charge in [-0.3, -0.25) is 14.4 Å². The molecule has 0 atom stereocenters. The first kappa shape index (κ1) is 18.0. The van der Waals surface area contributed by atoms with Crippen molar-refractivity contribution < 1.29 is 19.1 Å². The van der Waals surface area contributed by atoms with Gasteiger partial charge in [0.2, 0.25) is 5.91 Å². The maximum absolute atomic E-state index is 11.5. The van der Waals surface area contributed by atoms with Crippen LogP contribution in [0.1, 0.15) is 6.42 Å². The van der Waals surface area contributed by atoms with Crippen LogP contribution in [0.15, 0.2) is 35.2 Å². The van der Waals surface area contributed by atoms with Gasteiger partial charge in [-0.25, -0.2) is 0 Å². The van der Waals surface area contributed by atoms with Crippen LogP contribution >= 0.6 is 11.8 Å². The minimum Gasteiger partial charge on any atom is -0.456 e. The van der Waals surface area contributed by atoms with Gasteiger partial charge in [0.25, 0.3) is 5.91 Å². The van der Waals surface area contributed by atoms with E-state index in [1.165, 1.54) is 4.90 Å². The van der Waals surface area contributed by atoms with Gasteiger partial charge in [0.1, 0.15) is 0 Å². The smallest absolute Gasteiger partial charge is 0.307 e. The summed E-state index contributed by atoms with van der Waals surface area (Å²) < 4.78 is 4.85. The number of nitrogens with one attached hydrogen (secondary N) is 1. The molecule has 7 heteroatoms. The molecule has 0 aliphatic heterocycles. The van der Waals surface area contributed by atoms with Crippen molar-refractivity contribution in [3.8, 4) is 0 Å². The van der Waals surface area contributed by atoms with Crippen molar-refractivity contribution in [3.63, 3.8) is 0 Å². The highest BCUT2D eigenvalue weighted by atomic mass is 32.2. The Morgan fingerprint density at radius 3 is 2.50 bits per heavy atom. The van der Waals surface area contributed by atoms with Gasteiger partial charge < -0.3 is 15.0 Å². The monoisotopic (exact) mass is 324 g/mol. The number of nitrogens with zero attached hydrogens (tertiary/aromatic N) is 1. The number of likely N-dealkylation sites (N-methyl/N-ethyl adjacent to an activating group) is 1. The van der Waals surface area contributed by atoms with E-state index in [2.05, 4.69) is 5.32 Å². The van der Waals surface area contributed by atoms with Crippen molar-refractivity contribution >= 4 is 29.5 Å². The molecule has 0 saturated carbocycles. The standard InChI is InChI=1S/C15H20N2O4S/c1-17(2)14(19)10-16-13(18)11-21-15(20)8-9-22-12-6-4-3-5-7-12/h3-7H,8-11H2,1-2H3,(H,16,18). The largest absolute Gasteiger partial charge is 0.456 e. The van der Waals surface area contributed by atoms with E-state index in [1.54, 1.807) is 25.9 Å². The van der Waals surface area contributed by atoms with E-state index in [1.807, 2.05) is 30.3 Å². The Hall–Kier alpha value is -2.02. The number of esters is 1. The zero-order valence-corrected chi connectivity index (χ0v) is 13.5. The van der Waals surface area contributed by atoms with Crippen molar-refractivity contribution in [3.05, 3.63) is 30.3 Å². The molecule has 1 aromatic carbocycles. The summed E-state index contributed by atoms with van der Waals surface area (Å²) in [7, 11) is 3.19. The molecule has 1 N–H and O–H groups in total. The van der Waals surface area contributed by atoms with Crippen LogP contribution in [0.25, 0.3) is 0 Å². The van der Waals surface area contributed by atoms with E-state index < -0.39 is 11.9 Å². The number of hydrogen-bond donors (Lipinski definition) is 1. The highest BCUT2D eigenvalue weighted by Gasteiger charge is 2.10. The molecule has 0 radical (unpaired) electrons. The molecule has 1 aromatic rings. The van der Waals surface area contributed by atoms with Crippen LogP contribution in [-0.2, 0) is 19.1 Å². The Bertz CT molecular complexity index is 506. The second kappa shape index (κ2) is 9.83. The third kappa shape index (κ3) is 7.68. The van der Waals surface area contributed by atoms with Crippen LogP contribution in [0.2, 0.25) is 0 Å².